The Morgan fingerprint density at radius 3 is 2.24 bits per heavy atom. The molecule has 5 aliphatic rings. The zero-order chi connectivity index (χ0) is 32.7. The Morgan fingerprint density at radius 1 is 0.911 bits per heavy atom. The molecule has 3 N–H and O–H groups in total. The number of phenols is 1. The number of aliphatic hydroxyl groups excluding tert-OH is 1. The first-order valence-corrected chi connectivity index (χ1v) is 17.3. The zero-order valence-corrected chi connectivity index (χ0v) is 28.1. The van der Waals surface area contributed by atoms with E-state index in [2.05, 4.69) is 48.1 Å². The summed E-state index contributed by atoms with van der Waals surface area (Å²) in [6, 6.07) is 6.63. The summed E-state index contributed by atoms with van der Waals surface area (Å²) in [6.07, 6.45) is 9.84. The fourth-order valence-electron chi connectivity index (χ4n) is 12.7. The highest BCUT2D eigenvalue weighted by molar-refractivity contribution is 5.87. The molecule has 6 rings (SSSR count). The van der Waals surface area contributed by atoms with Crippen LogP contribution in [0.3, 0.4) is 0 Å². The number of rotatable bonds is 5. The number of carbonyl (C=O) groups excluding carboxylic acids is 1. The maximum Gasteiger partial charge on any atom is 0.331 e. The molecule has 5 aliphatic carbocycles. The molecule has 0 saturated heterocycles. The fraction of sp³-hybridized carbons (Fsp3) is 0.692. The lowest BCUT2D eigenvalue weighted by Crippen LogP contribution is -2.68. The van der Waals surface area contributed by atoms with Crippen LogP contribution in [0, 0.1) is 56.7 Å². The predicted molar refractivity (Wildman–Crippen MR) is 175 cm³/mol. The Hall–Kier alpha value is -2.60. The zero-order valence-electron chi connectivity index (χ0n) is 28.1. The summed E-state index contributed by atoms with van der Waals surface area (Å²) in [7, 11) is 0. The van der Waals surface area contributed by atoms with Crippen LogP contribution in [0.5, 0.6) is 5.75 Å². The van der Waals surface area contributed by atoms with Crippen LogP contribution in [-0.4, -0.2) is 39.5 Å². The van der Waals surface area contributed by atoms with Crippen LogP contribution in [0.2, 0.25) is 0 Å². The van der Waals surface area contributed by atoms with Crippen molar-refractivity contribution in [2.45, 2.75) is 112 Å². The summed E-state index contributed by atoms with van der Waals surface area (Å²) < 4.78 is 6.08. The van der Waals surface area contributed by atoms with Gasteiger partial charge in [-0.05, 0) is 140 Å². The summed E-state index contributed by atoms with van der Waals surface area (Å²) in [6.45, 7) is 18.2. The van der Waals surface area contributed by atoms with Crippen molar-refractivity contribution in [1.82, 2.24) is 0 Å². The Morgan fingerprint density at radius 2 is 1.60 bits per heavy atom. The van der Waals surface area contributed by atoms with Gasteiger partial charge in [0.1, 0.15) is 11.9 Å². The number of carbonyl (C=O) groups is 2. The van der Waals surface area contributed by atoms with Gasteiger partial charge in [0.05, 0.1) is 11.5 Å². The van der Waals surface area contributed by atoms with Crippen molar-refractivity contribution in [3.05, 3.63) is 48.1 Å². The third kappa shape index (κ3) is 4.58. The topological polar surface area (TPSA) is 104 Å². The number of hydrogen-bond acceptors (Lipinski definition) is 5. The summed E-state index contributed by atoms with van der Waals surface area (Å²) in [5.74, 6) is 0.504. The molecule has 0 spiro atoms. The Bertz CT molecular complexity index is 1390. The highest BCUT2D eigenvalue weighted by Gasteiger charge is 2.72. The maximum absolute atomic E-state index is 13.1. The fourth-order valence-corrected chi connectivity index (χ4v) is 12.7. The van der Waals surface area contributed by atoms with Crippen LogP contribution in [0.4, 0.5) is 0 Å². The molecule has 6 heteroatoms. The second kappa shape index (κ2) is 10.7. The van der Waals surface area contributed by atoms with E-state index in [-0.39, 0.29) is 39.7 Å². The number of phenolic OH excluding ortho intramolecular Hbond substituents is 1. The number of aliphatic carboxylic acids is 1. The molecule has 0 aliphatic heterocycles. The largest absolute Gasteiger partial charge is 0.508 e. The molecule has 0 radical (unpaired) electrons. The van der Waals surface area contributed by atoms with Crippen LogP contribution < -0.4 is 0 Å². The number of ether oxygens (including phenoxy) is 1. The van der Waals surface area contributed by atoms with Crippen molar-refractivity contribution in [2.75, 3.05) is 0 Å². The van der Waals surface area contributed by atoms with Crippen LogP contribution in [0.15, 0.2) is 42.5 Å². The lowest BCUT2D eigenvalue weighted by atomic mass is 9.32. The summed E-state index contributed by atoms with van der Waals surface area (Å²) in [4.78, 5) is 26.1. The van der Waals surface area contributed by atoms with E-state index in [0.717, 1.165) is 62.5 Å². The molecule has 0 bridgehead atoms. The quantitative estimate of drug-likeness (QED) is 0.175. The van der Waals surface area contributed by atoms with Gasteiger partial charge >= 0.3 is 11.9 Å². The number of fused-ring (bicyclic) bond motifs is 7. The van der Waals surface area contributed by atoms with Gasteiger partial charge in [0.15, 0.2) is 0 Å². The Labute approximate surface area is 269 Å². The molecule has 3 unspecified atom stereocenters. The average molecular weight is 619 g/mol. The minimum atomic E-state index is -0.765. The monoisotopic (exact) mass is 618 g/mol. The van der Waals surface area contributed by atoms with E-state index in [1.165, 1.54) is 6.08 Å². The van der Waals surface area contributed by atoms with Crippen LogP contribution in [0.1, 0.15) is 105 Å². The van der Waals surface area contributed by atoms with Gasteiger partial charge in [0, 0.05) is 6.08 Å². The first kappa shape index (κ1) is 32.3. The van der Waals surface area contributed by atoms with Crippen molar-refractivity contribution in [3.8, 4) is 5.75 Å². The highest BCUT2D eigenvalue weighted by atomic mass is 16.6. The van der Waals surface area contributed by atoms with Gasteiger partial charge in [-0.3, -0.25) is 4.79 Å². The van der Waals surface area contributed by atoms with Crippen molar-refractivity contribution < 1.29 is 29.6 Å². The molecule has 246 valence electrons. The van der Waals surface area contributed by atoms with E-state index in [1.54, 1.807) is 30.3 Å². The molecule has 0 aromatic heterocycles. The third-order valence-electron chi connectivity index (χ3n) is 15.0. The average Bonchev–Trinajstić information content (AvgIpc) is 3.37. The summed E-state index contributed by atoms with van der Waals surface area (Å²) >= 11 is 0. The molecular formula is C39H54O6. The van der Waals surface area contributed by atoms with Crippen molar-refractivity contribution in [2.24, 2.45) is 56.7 Å². The number of hydrogen-bond donors (Lipinski definition) is 3. The van der Waals surface area contributed by atoms with E-state index in [4.69, 9.17) is 4.74 Å². The lowest BCUT2D eigenvalue weighted by Gasteiger charge is -2.73. The van der Waals surface area contributed by atoms with Gasteiger partial charge in [0.25, 0.3) is 0 Å². The van der Waals surface area contributed by atoms with E-state index >= 15 is 0 Å². The van der Waals surface area contributed by atoms with Crippen molar-refractivity contribution >= 4 is 18.0 Å². The normalized spacial score (nSPS) is 45.1. The van der Waals surface area contributed by atoms with E-state index in [1.807, 2.05) is 0 Å². The molecule has 1 aromatic rings. The minimum absolute atomic E-state index is 0.00475. The van der Waals surface area contributed by atoms with E-state index in [9.17, 15) is 24.9 Å². The van der Waals surface area contributed by atoms with Gasteiger partial charge in [-0.1, -0.05) is 58.9 Å². The van der Waals surface area contributed by atoms with Crippen LogP contribution in [0.25, 0.3) is 6.08 Å². The molecule has 6 nitrogen and oxygen atoms in total. The maximum atomic E-state index is 13.1. The lowest BCUT2D eigenvalue weighted by molar-refractivity contribution is -0.265. The SMILES string of the molecule is C=C(C)[C@@H]1CC[C@]2(C(=O)O)CC[C@]3(C)C(CCC4[C@@]5(C)C[C@@H](OC(=O)/C=C/c6ccc(O)cc6)[C@H](O)C(C)(C)[C@@H]5CC[C@]43C)C12. The molecule has 5 saturated carbocycles. The number of carboxylic acid groups (broad SMARTS) is 1. The summed E-state index contributed by atoms with van der Waals surface area (Å²) in [5.41, 5.74) is 0.735. The van der Waals surface area contributed by atoms with Crippen molar-refractivity contribution in [1.29, 1.82) is 0 Å². The molecule has 0 amide bonds. The Balaban J connectivity index is 1.30. The van der Waals surface area contributed by atoms with Gasteiger partial charge in [0.2, 0.25) is 0 Å². The molecule has 0 heterocycles. The highest BCUT2D eigenvalue weighted by Crippen LogP contribution is 2.77. The van der Waals surface area contributed by atoms with Crippen LogP contribution in [-0.2, 0) is 14.3 Å². The molecule has 45 heavy (non-hydrogen) atoms. The predicted octanol–water partition coefficient (Wildman–Crippen LogP) is 8.03. The van der Waals surface area contributed by atoms with E-state index in [0.29, 0.717) is 18.3 Å². The number of benzene rings is 1. The van der Waals surface area contributed by atoms with Gasteiger partial charge in [-0.2, -0.15) is 0 Å². The molecule has 1 aromatic carbocycles. The number of aromatic hydroxyl groups is 1. The second-order valence-corrected chi connectivity index (χ2v) is 17.0. The summed E-state index contributed by atoms with van der Waals surface area (Å²) in [5, 5.41) is 31.9. The number of allylic oxidation sites excluding steroid dienone is 1. The number of esters is 1. The standard InChI is InChI=1S/C39H54O6/c1-23(2)26-16-19-39(34(43)44)21-20-37(6)27(32(26)39)13-14-30-36(5)22-28(33(42)35(3,4)29(36)17-18-38(30,37)7)45-31(41)15-10-24-8-11-25(40)12-9-24/h8-12,15,26-30,32-33,40,42H,1,13-14,16-22H2,2-7H3,(H,43,44)/b15-10+/t26-,27?,28+,29-,30?,32?,33-,36-,37+,38+,39-/m0/s1. The minimum Gasteiger partial charge on any atom is -0.508 e. The van der Waals surface area contributed by atoms with Crippen molar-refractivity contribution in [3.63, 3.8) is 0 Å². The van der Waals surface area contributed by atoms with E-state index < -0.39 is 35.0 Å². The first-order valence-electron chi connectivity index (χ1n) is 17.3. The Kier molecular flexibility index (Phi) is 7.70. The second-order valence-electron chi connectivity index (χ2n) is 17.0. The smallest absolute Gasteiger partial charge is 0.331 e. The number of carboxylic acids is 1. The van der Waals surface area contributed by atoms with Gasteiger partial charge in [-0.25, -0.2) is 4.79 Å². The molecular weight excluding hydrogens is 564 g/mol. The van der Waals surface area contributed by atoms with Gasteiger partial charge in [-0.15, -0.1) is 0 Å². The molecule has 5 fully saturated rings. The van der Waals surface area contributed by atoms with Gasteiger partial charge < -0.3 is 20.1 Å². The molecule has 11 atom stereocenters. The van der Waals surface area contributed by atoms with Crippen LogP contribution >= 0.6 is 0 Å². The third-order valence-corrected chi connectivity index (χ3v) is 15.0. The first-order chi connectivity index (χ1) is 21.0. The number of aliphatic hydroxyl groups is 1.